The first-order chi connectivity index (χ1) is 1.73. The molecule has 0 spiro atoms. The van der Waals surface area contributed by atoms with Crippen LogP contribution in [-0.2, 0) is 0 Å². The fourth-order valence-corrected chi connectivity index (χ4v) is 0. The largest absolute Gasteiger partial charge is 0.473 e. The van der Waals surface area contributed by atoms with E-state index >= 15 is 0 Å². The van der Waals surface area contributed by atoms with Crippen molar-refractivity contribution in [3.63, 3.8) is 0 Å². The number of aliphatic hydroxyl groups excluding tert-OH is 1. The molecule has 0 aromatic rings. The van der Waals surface area contributed by atoms with Gasteiger partial charge in [-0.25, -0.2) is 0 Å². The Morgan fingerprint density at radius 1 is 1.17 bits per heavy atom. The zero-order chi connectivity index (χ0) is 3.58. The van der Waals surface area contributed by atoms with Gasteiger partial charge in [-0.1, -0.05) is 0 Å². The van der Waals surface area contributed by atoms with Gasteiger partial charge in [0, 0.05) is 12.2 Å². The van der Waals surface area contributed by atoms with Gasteiger partial charge in [-0.2, -0.15) is 27.0 Å². The van der Waals surface area contributed by atoms with Crippen LogP contribution in [0.15, 0.2) is 0 Å². The number of hydrogen-bond donors (Lipinski definition) is 2. The second kappa shape index (κ2) is 9.04. The third-order valence-corrected chi connectivity index (χ3v) is 0. The van der Waals surface area contributed by atoms with E-state index in [1.165, 1.54) is 0 Å². The van der Waals surface area contributed by atoms with Crippen molar-refractivity contribution in [2.75, 3.05) is 0 Å². The van der Waals surface area contributed by atoms with E-state index in [1.807, 2.05) is 0 Å². The molecule has 2 nitrogen and oxygen atoms in total. The van der Waals surface area contributed by atoms with Crippen LogP contribution in [-0.4, -0.2) is 15.4 Å². The highest BCUT2D eigenvalue weighted by Gasteiger charge is 1.62. The smallest absolute Gasteiger partial charge is 0.347 e. The van der Waals surface area contributed by atoms with E-state index in [0.717, 1.165) is 0 Å². The number of rotatable bonds is 0. The van der Waals surface area contributed by atoms with Gasteiger partial charge in [-0.15, -0.1) is 0 Å². The third kappa shape index (κ3) is 332. The minimum atomic E-state index is -1.000. The molecule has 0 unspecified atom stereocenters. The molecule has 0 radical (unpaired) electrons. The van der Waals surface area contributed by atoms with Gasteiger partial charge in [0.1, 0.15) is 0 Å². The normalized spacial score (nSPS) is 4.00. The van der Waals surface area contributed by atoms with Gasteiger partial charge < -0.3 is 10.2 Å². The maximum absolute atomic E-state index is 7.34. The van der Waals surface area contributed by atoms with Gasteiger partial charge >= 0.3 is 5.24 Å². The third-order valence-electron chi connectivity index (χ3n) is 0. The maximum atomic E-state index is 7.34. The van der Waals surface area contributed by atoms with E-state index in [1.54, 1.807) is 0 Å². The molecule has 0 aliphatic heterocycles. The zero-order valence-electron chi connectivity index (χ0n) is 2.80. The summed E-state index contributed by atoms with van der Waals surface area (Å²) in [6, 6.07) is 0. The zero-order valence-corrected chi connectivity index (χ0v) is 5.62. The molecule has 0 saturated heterocycles. The van der Waals surface area contributed by atoms with Crippen LogP contribution in [0.1, 0.15) is 0 Å². The van der Waals surface area contributed by atoms with Gasteiger partial charge in [0.05, 0.1) is 0 Å². The average molecular weight is 146 g/mol. The lowest BCUT2D eigenvalue weighted by Gasteiger charge is -1.65. The lowest BCUT2D eigenvalue weighted by Crippen LogP contribution is -1.80. The SMILES string of the molecule is OC(O)=S.S.S. The average Bonchev–Trinajstić information content (AvgIpc) is 0.811. The van der Waals surface area contributed by atoms with E-state index < -0.39 is 5.24 Å². The predicted octanol–water partition coefficient (Wildman–Crippen LogP) is 0.613. The molecule has 0 fully saturated rings. The summed E-state index contributed by atoms with van der Waals surface area (Å²) in [5, 5.41) is 13.7. The molecule has 0 amide bonds. The summed E-state index contributed by atoms with van der Waals surface area (Å²) in [5.41, 5.74) is 0. The predicted molar refractivity (Wildman–Crippen MR) is 38.6 cm³/mol. The number of hydrogen-bond acceptors (Lipinski definition) is 1. The van der Waals surface area contributed by atoms with Crippen LogP contribution in [0.4, 0.5) is 0 Å². The molecule has 6 heavy (non-hydrogen) atoms. The molecule has 0 heterocycles. The van der Waals surface area contributed by atoms with Crippen LogP contribution in [0.5, 0.6) is 0 Å². The van der Waals surface area contributed by atoms with Crippen LogP contribution < -0.4 is 0 Å². The molecule has 0 saturated carbocycles. The van der Waals surface area contributed by atoms with Crippen molar-refractivity contribution in [2.24, 2.45) is 0 Å². The summed E-state index contributed by atoms with van der Waals surface area (Å²) in [6.45, 7) is 0. The quantitative estimate of drug-likeness (QED) is 0.492. The highest BCUT2D eigenvalue weighted by Crippen LogP contribution is 1.47. The van der Waals surface area contributed by atoms with Crippen molar-refractivity contribution in [1.82, 2.24) is 0 Å². The summed E-state index contributed by atoms with van der Waals surface area (Å²) < 4.78 is 0. The fourth-order valence-electron chi connectivity index (χ4n) is 0. The van der Waals surface area contributed by atoms with Crippen molar-refractivity contribution in [1.29, 1.82) is 0 Å². The first kappa shape index (κ1) is 16.2. The molecule has 0 aromatic carbocycles. The highest BCUT2D eigenvalue weighted by molar-refractivity contribution is 7.79. The Morgan fingerprint density at radius 2 is 1.17 bits per heavy atom. The van der Waals surface area contributed by atoms with Crippen LogP contribution in [0, 0.1) is 0 Å². The Kier molecular flexibility index (Phi) is 24.3. The minimum Gasteiger partial charge on any atom is -0.473 e. The van der Waals surface area contributed by atoms with Gasteiger partial charge in [0.15, 0.2) is 0 Å². The molecular formula is CH6O2S3. The van der Waals surface area contributed by atoms with Gasteiger partial charge in [0.2, 0.25) is 0 Å². The van der Waals surface area contributed by atoms with E-state index in [9.17, 15) is 0 Å². The fraction of sp³-hybridized carbons (Fsp3) is 0. The Hall–Kier alpha value is 0.390. The summed E-state index contributed by atoms with van der Waals surface area (Å²) in [5.74, 6) is 0. The molecule has 40 valence electrons. The van der Waals surface area contributed by atoms with Crippen LogP contribution in [0.2, 0.25) is 0 Å². The molecular weight excluding hydrogens is 140 g/mol. The second-order valence-electron chi connectivity index (χ2n) is 0.283. The van der Waals surface area contributed by atoms with E-state index in [-0.39, 0.29) is 27.0 Å². The Bertz CT molecular complexity index is 31.8. The molecule has 0 atom stereocenters. The van der Waals surface area contributed by atoms with Crippen molar-refractivity contribution in [2.45, 2.75) is 0 Å². The summed E-state index contributed by atoms with van der Waals surface area (Å²) in [6.07, 6.45) is 0. The first-order valence-corrected chi connectivity index (χ1v) is 1.06. The Labute approximate surface area is 55.1 Å². The van der Waals surface area contributed by atoms with E-state index in [4.69, 9.17) is 10.2 Å². The molecule has 0 aliphatic carbocycles. The lowest BCUT2D eigenvalue weighted by molar-refractivity contribution is 0.386. The van der Waals surface area contributed by atoms with Crippen molar-refractivity contribution in [3.05, 3.63) is 0 Å². The molecule has 0 rings (SSSR count). The summed E-state index contributed by atoms with van der Waals surface area (Å²) in [7, 11) is 0. The topological polar surface area (TPSA) is 40.5 Å². The van der Waals surface area contributed by atoms with Gasteiger partial charge in [-0.05, 0) is 0 Å². The first-order valence-electron chi connectivity index (χ1n) is 0.651. The van der Waals surface area contributed by atoms with Crippen molar-refractivity contribution in [3.8, 4) is 0 Å². The maximum Gasteiger partial charge on any atom is 0.347 e. The molecule has 5 heteroatoms. The lowest BCUT2D eigenvalue weighted by atomic mass is 11.5. The van der Waals surface area contributed by atoms with Crippen LogP contribution in [0.3, 0.4) is 0 Å². The number of aliphatic hydroxyl groups is 2. The van der Waals surface area contributed by atoms with Gasteiger partial charge in [0.25, 0.3) is 0 Å². The van der Waals surface area contributed by atoms with Crippen LogP contribution in [0.25, 0.3) is 0 Å². The second-order valence-corrected chi connectivity index (χ2v) is 0.648. The Morgan fingerprint density at radius 3 is 1.17 bits per heavy atom. The Balaban J connectivity index is -0.0000000450. The minimum absolute atomic E-state index is 0. The highest BCUT2D eigenvalue weighted by atomic mass is 32.1. The molecule has 0 bridgehead atoms. The van der Waals surface area contributed by atoms with Crippen molar-refractivity contribution >= 4 is 44.4 Å². The van der Waals surface area contributed by atoms with E-state index in [2.05, 4.69) is 12.2 Å². The standard InChI is InChI=1S/CH2O2S.2H2S/c2-1(3)4;;/h(H2,2,3,4);2*1H2. The van der Waals surface area contributed by atoms with Gasteiger partial charge in [-0.3, -0.25) is 0 Å². The molecule has 0 aliphatic rings. The summed E-state index contributed by atoms with van der Waals surface area (Å²) in [4.78, 5) is 0. The number of thiocarbonyl (C=S) groups is 1. The molecule has 0 aromatic heterocycles. The summed E-state index contributed by atoms with van der Waals surface area (Å²) >= 11 is 3.65. The monoisotopic (exact) mass is 146 g/mol. The van der Waals surface area contributed by atoms with Crippen molar-refractivity contribution < 1.29 is 10.2 Å². The molecule has 2 N–H and O–H groups in total. The van der Waals surface area contributed by atoms with E-state index in [0.29, 0.717) is 0 Å². The van der Waals surface area contributed by atoms with Crippen LogP contribution >= 0.6 is 39.2 Å².